The molecule has 3 aromatic rings. The fourth-order valence-corrected chi connectivity index (χ4v) is 3.72. The molecule has 7 nitrogen and oxygen atoms in total. The number of hydrogen-bond acceptors (Lipinski definition) is 6. The van der Waals surface area contributed by atoms with E-state index >= 15 is 0 Å². The van der Waals surface area contributed by atoms with E-state index in [1.807, 2.05) is 38.5 Å². The molecule has 0 aliphatic carbocycles. The van der Waals surface area contributed by atoms with E-state index in [2.05, 4.69) is 10.1 Å². The third kappa shape index (κ3) is 3.99. The van der Waals surface area contributed by atoms with Crippen LogP contribution in [0.25, 0.3) is 0 Å². The van der Waals surface area contributed by atoms with Crippen molar-refractivity contribution in [1.29, 1.82) is 5.26 Å². The van der Waals surface area contributed by atoms with Crippen molar-refractivity contribution in [3.05, 3.63) is 64.2 Å². The summed E-state index contributed by atoms with van der Waals surface area (Å²) in [6.07, 6.45) is 3.31. The van der Waals surface area contributed by atoms with Gasteiger partial charge >= 0.3 is 0 Å². The van der Waals surface area contributed by atoms with Crippen molar-refractivity contribution in [2.45, 2.75) is 25.6 Å². The molecule has 1 amide bonds. The van der Waals surface area contributed by atoms with E-state index < -0.39 is 0 Å². The quantitative estimate of drug-likeness (QED) is 0.694. The first-order valence-electron chi connectivity index (χ1n) is 8.53. The Labute approximate surface area is 160 Å². The second-order valence-electron chi connectivity index (χ2n) is 6.32. The molecule has 0 fully saturated rings. The molecule has 4 rings (SSSR count). The van der Waals surface area contributed by atoms with Crippen molar-refractivity contribution in [2.75, 3.05) is 6.54 Å². The molecule has 1 atom stereocenters. The molecule has 3 aromatic heterocycles. The van der Waals surface area contributed by atoms with Crippen molar-refractivity contribution in [3.8, 4) is 11.9 Å². The maximum absolute atomic E-state index is 12.8. The number of nitrogens with zero attached hydrogens (tertiary/aromatic N) is 5. The Morgan fingerprint density at radius 3 is 3.00 bits per heavy atom. The smallest absolute Gasteiger partial charge is 0.227 e. The number of thiophene rings is 1. The number of rotatable bonds is 4. The van der Waals surface area contributed by atoms with Gasteiger partial charge in [0.1, 0.15) is 12.2 Å². The summed E-state index contributed by atoms with van der Waals surface area (Å²) < 4.78 is 7.87. The van der Waals surface area contributed by atoms with Crippen LogP contribution in [0.4, 0.5) is 0 Å². The molecule has 136 valence electrons. The van der Waals surface area contributed by atoms with Crippen LogP contribution in [0.15, 0.2) is 47.4 Å². The fraction of sp³-hybridized carbons (Fsp3) is 0.263. The summed E-state index contributed by atoms with van der Waals surface area (Å²) in [6.45, 7) is 1.49. The predicted molar refractivity (Wildman–Crippen MR) is 99.0 cm³/mol. The van der Waals surface area contributed by atoms with Gasteiger partial charge in [-0.1, -0.05) is 0 Å². The van der Waals surface area contributed by atoms with Gasteiger partial charge in [0.2, 0.25) is 11.8 Å². The molecular weight excluding hydrogens is 362 g/mol. The summed E-state index contributed by atoms with van der Waals surface area (Å²) in [5, 5.41) is 17.2. The third-order valence-electron chi connectivity index (χ3n) is 4.40. The average Bonchev–Trinajstić information content (AvgIpc) is 3.31. The highest BCUT2D eigenvalue weighted by Crippen LogP contribution is 2.18. The largest absolute Gasteiger partial charge is 0.470 e. The van der Waals surface area contributed by atoms with E-state index in [0.717, 1.165) is 11.3 Å². The van der Waals surface area contributed by atoms with Crippen LogP contribution in [0, 0.1) is 11.3 Å². The van der Waals surface area contributed by atoms with Crippen molar-refractivity contribution in [1.82, 2.24) is 19.7 Å². The number of carbonyl (C=O) groups is 1. The van der Waals surface area contributed by atoms with Gasteiger partial charge in [0.15, 0.2) is 0 Å². The van der Waals surface area contributed by atoms with Gasteiger partial charge in [-0.05, 0) is 34.5 Å². The molecule has 0 N–H and O–H groups in total. The highest BCUT2D eigenvalue weighted by molar-refractivity contribution is 7.08. The summed E-state index contributed by atoms with van der Waals surface area (Å²) >= 11 is 1.59. The van der Waals surface area contributed by atoms with E-state index in [1.165, 1.54) is 6.20 Å². The van der Waals surface area contributed by atoms with Crippen LogP contribution >= 0.6 is 11.3 Å². The number of amides is 1. The van der Waals surface area contributed by atoms with E-state index in [-0.39, 0.29) is 12.0 Å². The molecule has 0 saturated heterocycles. The van der Waals surface area contributed by atoms with Gasteiger partial charge in [0.25, 0.3) is 0 Å². The van der Waals surface area contributed by atoms with E-state index in [4.69, 9.17) is 10.00 Å². The number of nitriles is 1. The summed E-state index contributed by atoms with van der Waals surface area (Å²) in [6, 6.07) is 9.27. The van der Waals surface area contributed by atoms with Gasteiger partial charge in [-0.3, -0.25) is 9.48 Å². The van der Waals surface area contributed by atoms with Crippen molar-refractivity contribution in [2.24, 2.45) is 0 Å². The molecule has 0 saturated carbocycles. The lowest BCUT2D eigenvalue weighted by atomic mass is 10.2. The molecular formula is C19H17N5O2S. The second-order valence-corrected chi connectivity index (χ2v) is 7.10. The van der Waals surface area contributed by atoms with E-state index in [0.29, 0.717) is 37.5 Å². The minimum Gasteiger partial charge on any atom is -0.470 e. The van der Waals surface area contributed by atoms with Gasteiger partial charge in [0, 0.05) is 18.5 Å². The molecule has 0 radical (unpaired) electrons. The zero-order valence-corrected chi connectivity index (χ0v) is 15.3. The minimum atomic E-state index is -0.280. The molecule has 0 spiro atoms. The lowest BCUT2D eigenvalue weighted by molar-refractivity contribution is -0.132. The number of hydrogen-bond donors (Lipinski definition) is 0. The van der Waals surface area contributed by atoms with Crippen LogP contribution in [-0.2, 0) is 24.3 Å². The maximum atomic E-state index is 12.8. The zero-order chi connectivity index (χ0) is 18.6. The number of aromatic nitrogens is 3. The molecule has 0 unspecified atom stereocenters. The zero-order valence-electron chi connectivity index (χ0n) is 14.5. The Morgan fingerprint density at radius 1 is 1.33 bits per heavy atom. The van der Waals surface area contributed by atoms with Crippen molar-refractivity contribution >= 4 is 17.2 Å². The molecule has 0 aromatic carbocycles. The molecule has 8 heteroatoms. The first-order chi connectivity index (χ1) is 13.2. The second kappa shape index (κ2) is 7.60. The first kappa shape index (κ1) is 17.2. The van der Waals surface area contributed by atoms with Gasteiger partial charge in [-0.2, -0.15) is 21.7 Å². The summed E-state index contributed by atoms with van der Waals surface area (Å²) in [5.74, 6) is 0.490. The molecule has 4 heterocycles. The Morgan fingerprint density at radius 2 is 2.26 bits per heavy atom. The third-order valence-corrected chi connectivity index (χ3v) is 5.13. The van der Waals surface area contributed by atoms with Crippen LogP contribution in [0.3, 0.4) is 0 Å². The topological polar surface area (TPSA) is 84.0 Å². The summed E-state index contributed by atoms with van der Waals surface area (Å²) in [5.41, 5.74) is 2.48. The molecule has 1 aliphatic heterocycles. The fourth-order valence-electron chi connectivity index (χ4n) is 3.05. The van der Waals surface area contributed by atoms with Crippen LogP contribution in [0.2, 0.25) is 0 Å². The van der Waals surface area contributed by atoms with Crippen molar-refractivity contribution in [3.63, 3.8) is 0 Å². The van der Waals surface area contributed by atoms with Crippen LogP contribution < -0.4 is 4.74 Å². The number of pyridine rings is 1. The summed E-state index contributed by atoms with van der Waals surface area (Å²) in [7, 11) is 0. The van der Waals surface area contributed by atoms with E-state index in [1.54, 1.807) is 29.7 Å². The maximum Gasteiger partial charge on any atom is 0.227 e. The standard InChI is InChI=1S/C19H17N5O2S/c20-8-15-1-2-18(21-9-15)26-17-11-23(10-16-3-5-22-24(16)12-17)19(25)7-14-4-6-27-13-14/h1-6,9,13,17H,7,10-12H2/t17-/m1/s1. The Balaban J connectivity index is 1.52. The first-order valence-corrected chi connectivity index (χ1v) is 9.48. The number of carbonyl (C=O) groups excluding carboxylic acids is 1. The SMILES string of the molecule is N#Cc1ccc(O[C@@H]2CN(C(=O)Cc3ccsc3)Cc3ccnn3C2)nc1. The Hall–Kier alpha value is -3.18. The monoisotopic (exact) mass is 379 g/mol. The molecule has 27 heavy (non-hydrogen) atoms. The van der Waals surface area contributed by atoms with Gasteiger partial charge < -0.3 is 9.64 Å². The van der Waals surface area contributed by atoms with Gasteiger partial charge in [-0.15, -0.1) is 0 Å². The van der Waals surface area contributed by atoms with Gasteiger partial charge in [0.05, 0.1) is 37.3 Å². The molecule has 0 bridgehead atoms. The Bertz CT molecular complexity index is 959. The highest BCUT2D eigenvalue weighted by atomic mass is 32.1. The Kier molecular flexibility index (Phi) is 4.85. The van der Waals surface area contributed by atoms with Gasteiger partial charge in [-0.25, -0.2) is 4.98 Å². The lowest BCUT2D eigenvalue weighted by Gasteiger charge is -2.24. The molecule has 1 aliphatic rings. The lowest BCUT2D eigenvalue weighted by Crippen LogP contribution is -2.39. The van der Waals surface area contributed by atoms with Crippen LogP contribution in [0.5, 0.6) is 5.88 Å². The number of fused-ring (bicyclic) bond motifs is 1. The van der Waals surface area contributed by atoms with E-state index in [9.17, 15) is 4.79 Å². The predicted octanol–water partition coefficient (Wildman–Crippen LogP) is 2.24. The van der Waals surface area contributed by atoms with Crippen molar-refractivity contribution < 1.29 is 9.53 Å². The number of ether oxygens (including phenoxy) is 1. The minimum absolute atomic E-state index is 0.0597. The normalized spacial score (nSPS) is 16.3. The average molecular weight is 379 g/mol. The highest BCUT2D eigenvalue weighted by Gasteiger charge is 2.27. The van der Waals surface area contributed by atoms with Crippen LogP contribution in [0.1, 0.15) is 16.8 Å². The van der Waals surface area contributed by atoms with Crippen LogP contribution in [-0.4, -0.2) is 38.2 Å². The summed E-state index contributed by atoms with van der Waals surface area (Å²) in [4.78, 5) is 18.8.